The van der Waals surface area contributed by atoms with E-state index in [1.807, 2.05) is 0 Å². The van der Waals surface area contributed by atoms with Crippen LogP contribution < -0.4 is 19.5 Å². The molecule has 0 bridgehead atoms. The Hall–Kier alpha value is -3.07. The largest absolute Gasteiger partial charge is 0.496 e. The Morgan fingerprint density at radius 2 is 1.86 bits per heavy atom. The number of ketones is 1. The van der Waals surface area contributed by atoms with Crippen molar-refractivity contribution in [2.24, 2.45) is 0 Å². The summed E-state index contributed by atoms with van der Waals surface area (Å²) >= 11 is 0. The van der Waals surface area contributed by atoms with E-state index < -0.39 is 27.3 Å². The number of nitrogens with one attached hydrogen (secondary N) is 1. The van der Waals surface area contributed by atoms with Gasteiger partial charge in [0.05, 0.1) is 12.9 Å². The van der Waals surface area contributed by atoms with E-state index in [0.717, 1.165) is 5.56 Å². The standard InChI is InChI=1S/C20H21NO7S/c1-13(22)15-4-6-17(26-2)16(8-15)10-29(24,25)11-20(23)21-9-14-3-5-18-19(7-14)28-12-27-18/h3-8H,9-12H2,1-2H3,(H,21,23). The van der Waals surface area contributed by atoms with Gasteiger partial charge >= 0.3 is 0 Å². The lowest BCUT2D eigenvalue weighted by Crippen LogP contribution is -2.30. The number of carbonyl (C=O) groups excluding carboxylic acids is 2. The number of methoxy groups -OCH3 is 1. The molecule has 154 valence electrons. The summed E-state index contributed by atoms with van der Waals surface area (Å²) in [5.41, 5.74) is 1.47. The van der Waals surface area contributed by atoms with Gasteiger partial charge in [-0.15, -0.1) is 0 Å². The number of ether oxygens (including phenoxy) is 3. The third-order valence-electron chi connectivity index (χ3n) is 4.34. The number of carbonyl (C=O) groups is 2. The summed E-state index contributed by atoms with van der Waals surface area (Å²) in [6.45, 7) is 1.70. The summed E-state index contributed by atoms with van der Waals surface area (Å²) in [5, 5.41) is 2.59. The maximum atomic E-state index is 12.5. The molecule has 1 N–H and O–H groups in total. The fraction of sp³-hybridized carbons (Fsp3) is 0.300. The molecule has 1 amide bonds. The zero-order valence-corrected chi connectivity index (χ0v) is 16.9. The SMILES string of the molecule is COc1ccc(C(C)=O)cc1CS(=O)(=O)CC(=O)NCc1ccc2c(c1)OCO2. The minimum Gasteiger partial charge on any atom is -0.496 e. The van der Waals surface area contributed by atoms with E-state index in [-0.39, 0.29) is 19.1 Å². The second kappa shape index (κ2) is 8.52. The average Bonchev–Trinajstić information content (AvgIpc) is 3.13. The molecule has 0 radical (unpaired) electrons. The number of hydrogen-bond acceptors (Lipinski definition) is 7. The molecule has 0 saturated heterocycles. The lowest BCUT2D eigenvalue weighted by atomic mass is 10.1. The predicted molar refractivity (Wildman–Crippen MR) is 105 cm³/mol. The molecule has 2 aromatic rings. The molecule has 8 nitrogen and oxygen atoms in total. The molecular weight excluding hydrogens is 398 g/mol. The Labute approximate surface area is 168 Å². The number of hydrogen-bond donors (Lipinski definition) is 1. The summed E-state index contributed by atoms with van der Waals surface area (Å²) in [4.78, 5) is 23.7. The summed E-state index contributed by atoms with van der Waals surface area (Å²) < 4.78 is 40.6. The van der Waals surface area contributed by atoms with Gasteiger partial charge in [-0.05, 0) is 42.8 Å². The molecule has 0 aliphatic carbocycles. The molecule has 0 atom stereocenters. The van der Waals surface area contributed by atoms with E-state index in [0.29, 0.717) is 28.4 Å². The van der Waals surface area contributed by atoms with Crippen molar-refractivity contribution < 1.29 is 32.2 Å². The first-order chi connectivity index (χ1) is 13.8. The highest BCUT2D eigenvalue weighted by Crippen LogP contribution is 2.32. The van der Waals surface area contributed by atoms with Crippen LogP contribution in [-0.4, -0.2) is 39.8 Å². The molecule has 3 rings (SSSR count). The highest BCUT2D eigenvalue weighted by molar-refractivity contribution is 7.91. The molecule has 0 fully saturated rings. The van der Waals surface area contributed by atoms with Gasteiger partial charge in [0.15, 0.2) is 27.1 Å². The van der Waals surface area contributed by atoms with Crippen LogP contribution in [-0.2, 0) is 26.9 Å². The smallest absolute Gasteiger partial charge is 0.235 e. The topological polar surface area (TPSA) is 108 Å². The highest BCUT2D eigenvalue weighted by atomic mass is 32.2. The normalized spacial score (nSPS) is 12.5. The van der Waals surface area contributed by atoms with E-state index in [9.17, 15) is 18.0 Å². The third-order valence-corrected chi connectivity index (χ3v) is 5.79. The molecule has 0 spiro atoms. The van der Waals surface area contributed by atoms with Crippen LogP contribution in [0.25, 0.3) is 0 Å². The molecule has 0 unspecified atom stereocenters. The van der Waals surface area contributed by atoms with Crippen LogP contribution in [0.15, 0.2) is 36.4 Å². The summed E-state index contributed by atoms with van der Waals surface area (Å²) in [5.74, 6) is -0.331. The molecule has 29 heavy (non-hydrogen) atoms. The van der Waals surface area contributed by atoms with Crippen molar-refractivity contribution >= 4 is 21.5 Å². The number of amides is 1. The van der Waals surface area contributed by atoms with Crippen LogP contribution in [0, 0.1) is 0 Å². The monoisotopic (exact) mass is 419 g/mol. The average molecular weight is 419 g/mol. The van der Waals surface area contributed by atoms with Gasteiger partial charge in [-0.2, -0.15) is 0 Å². The van der Waals surface area contributed by atoms with Crippen molar-refractivity contribution in [1.29, 1.82) is 0 Å². The predicted octanol–water partition coefficient (Wildman–Crippen LogP) is 1.86. The Morgan fingerprint density at radius 1 is 1.10 bits per heavy atom. The van der Waals surface area contributed by atoms with Crippen molar-refractivity contribution in [3.05, 3.63) is 53.1 Å². The molecule has 2 aromatic carbocycles. The van der Waals surface area contributed by atoms with E-state index >= 15 is 0 Å². The van der Waals surface area contributed by atoms with Gasteiger partial charge in [-0.25, -0.2) is 8.42 Å². The van der Waals surface area contributed by atoms with Crippen LogP contribution in [0.2, 0.25) is 0 Å². The molecule has 9 heteroatoms. The zero-order valence-electron chi connectivity index (χ0n) is 16.1. The number of Topliss-reactive ketones (excluding diaryl/α,β-unsaturated/α-hetero) is 1. The lowest BCUT2D eigenvalue weighted by molar-refractivity contribution is -0.118. The van der Waals surface area contributed by atoms with Crippen LogP contribution in [0.5, 0.6) is 17.2 Å². The van der Waals surface area contributed by atoms with Crippen molar-refractivity contribution in [3.8, 4) is 17.2 Å². The van der Waals surface area contributed by atoms with E-state index in [1.165, 1.54) is 20.1 Å². The minimum atomic E-state index is -3.77. The summed E-state index contributed by atoms with van der Waals surface area (Å²) in [7, 11) is -2.36. The van der Waals surface area contributed by atoms with E-state index in [1.54, 1.807) is 30.3 Å². The Balaban J connectivity index is 1.62. The second-order valence-corrected chi connectivity index (χ2v) is 8.64. The molecule has 1 heterocycles. The van der Waals surface area contributed by atoms with Crippen LogP contribution in [0.1, 0.15) is 28.4 Å². The third kappa shape index (κ3) is 5.26. The second-order valence-electron chi connectivity index (χ2n) is 6.58. The minimum absolute atomic E-state index is 0.150. The molecule has 1 aliphatic heterocycles. The molecule has 1 aliphatic rings. The van der Waals surface area contributed by atoms with Crippen LogP contribution >= 0.6 is 0 Å². The number of sulfone groups is 1. The van der Waals surface area contributed by atoms with Gasteiger partial charge in [-0.1, -0.05) is 6.07 Å². The van der Waals surface area contributed by atoms with Crippen molar-refractivity contribution in [2.45, 2.75) is 19.2 Å². The maximum Gasteiger partial charge on any atom is 0.235 e. The summed E-state index contributed by atoms with van der Waals surface area (Å²) in [6.07, 6.45) is 0. The highest BCUT2D eigenvalue weighted by Gasteiger charge is 2.21. The van der Waals surface area contributed by atoms with Gasteiger partial charge in [0.2, 0.25) is 12.7 Å². The fourth-order valence-corrected chi connectivity index (χ4v) is 4.20. The van der Waals surface area contributed by atoms with Crippen molar-refractivity contribution in [2.75, 3.05) is 19.7 Å². The first-order valence-electron chi connectivity index (χ1n) is 8.81. The first kappa shape index (κ1) is 20.7. The molecule has 0 aromatic heterocycles. The van der Waals surface area contributed by atoms with Crippen LogP contribution in [0.4, 0.5) is 0 Å². The number of rotatable bonds is 8. The number of fused-ring (bicyclic) bond motifs is 1. The zero-order chi connectivity index (χ0) is 21.0. The Bertz CT molecular complexity index is 1050. The van der Waals surface area contributed by atoms with E-state index in [2.05, 4.69) is 5.32 Å². The van der Waals surface area contributed by atoms with Gasteiger partial charge in [0.1, 0.15) is 11.5 Å². The van der Waals surface area contributed by atoms with Crippen molar-refractivity contribution in [1.82, 2.24) is 5.32 Å². The van der Waals surface area contributed by atoms with Gasteiger partial charge < -0.3 is 19.5 Å². The molecule has 0 saturated carbocycles. The van der Waals surface area contributed by atoms with Gasteiger partial charge in [-0.3, -0.25) is 9.59 Å². The van der Waals surface area contributed by atoms with Crippen molar-refractivity contribution in [3.63, 3.8) is 0 Å². The first-order valence-corrected chi connectivity index (χ1v) is 10.6. The van der Waals surface area contributed by atoms with E-state index in [4.69, 9.17) is 14.2 Å². The molecular formula is C20H21NO7S. The quantitative estimate of drug-likeness (QED) is 0.651. The Kier molecular flexibility index (Phi) is 6.07. The van der Waals surface area contributed by atoms with Gasteiger partial charge in [0, 0.05) is 17.7 Å². The Morgan fingerprint density at radius 3 is 2.59 bits per heavy atom. The lowest BCUT2D eigenvalue weighted by Gasteiger charge is -2.11. The van der Waals surface area contributed by atoms with Gasteiger partial charge in [0.25, 0.3) is 0 Å². The maximum absolute atomic E-state index is 12.5. The fourth-order valence-electron chi connectivity index (χ4n) is 2.90. The summed E-state index contributed by atoms with van der Waals surface area (Å²) in [6, 6.07) is 9.81. The van der Waals surface area contributed by atoms with Crippen LogP contribution in [0.3, 0.4) is 0 Å². The number of benzene rings is 2.